The molecule has 1 aliphatic heterocycles. The van der Waals surface area contributed by atoms with E-state index in [0.717, 1.165) is 28.3 Å². The van der Waals surface area contributed by atoms with Crippen molar-refractivity contribution in [3.8, 4) is 11.1 Å². The third-order valence-corrected chi connectivity index (χ3v) is 8.01. The fourth-order valence-electron chi connectivity index (χ4n) is 5.10. The molecule has 3 aromatic rings. The fourth-order valence-corrected chi connectivity index (χ4v) is 5.10. The van der Waals surface area contributed by atoms with Crippen molar-refractivity contribution in [1.29, 1.82) is 0 Å². The zero-order valence-electron chi connectivity index (χ0n) is 23.1. The largest absolute Gasteiger partial charge is 0.492 e. The lowest BCUT2D eigenvalue weighted by Gasteiger charge is -2.32. The minimum absolute atomic E-state index is 0.0810. The zero-order valence-corrected chi connectivity index (χ0v) is 23.1. The lowest BCUT2D eigenvalue weighted by molar-refractivity contribution is -0.140. The standard InChI is InChI=1S/C31H30BF4NO4/c1-29(2)30(3,4)41-32(40-29)20(16-19-10-9-15-26(27(19)33)31(34,35)36)17-37-28(38)39-18-25-23-13-7-5-11-21(23)22-12-6-8-14-24(22)25/h5-16,25H,17-18H2,1-4H3,(H,37,38). The van der Waals surface area contributed by atoms with Gasteiger partial charge in [-0.1, -0.05) is 66.7 Å². The van der Waals surface area contributed by atoms with Gasteiger partial charge in [0.05, 0.1) is 16.8 Å². The Bertz CT molecular complexity index is 1440. The number of alkyl halides is 3. The van der Waals surface area contributed by atoms with Crippen LogP contribution in [0.5, 0.6) is 0 Å². The van der Waals surface area contributed by atoms with Gasteiger partial charge in [-0.15, -0.1) is 0 Å². The summed E-state index contributed by atoms with van der Waals surface area (Å²) in [7, 11) is -1.04. The molecule has 0 spiro atoms. The van der Waals surface area contributed by atoms with Gasteiger partial charge >= 0.3 is 19.4 Å². The van der Waals surface area contributed by atoms with Crippen molar-refractivity contribution in [3.63, 3.8) is 0 Å². The van der Waals surface area contributed by atoms with Gasteiger partial charge in [0.15, 0.2) is 0 Å². The molecule has 0 atom stereocenters. The van der Waals surface area contributed by atoms with Crippen molar-refractivity contribution in [1.82, 2.24) is 5.32 Å². The molecule has 5 rings (SSSR count). The maximum Gasteiger partial charge on any atom is 0.492 e. The number of amides is 1. The molecular formula is C31H30BF4NO4. The molecule has 41 heavy (non-hydrogen) atoms. The minimum atomic E-state index is -4.86. The van der Waals surface area contributed by atoms with Crippen molar-refractivity contribution >= 4 is 19.3 Å². The van der Waals surface area contributed by atoms with Crippen molar-refractivity contribution in [2.24, 2.45) is 0 Å². The number of benzene rings is 3. The molecular weight excluding hydrogens is 537 g/mol. The van der Waals surface area contributed by atoms with E-state index in [9.17, 15) is 22.4 Å². The number of ether oxygens (including phenoxy) is 1. The highest BCUT2D eigenvalue weighted by molar-refractivity contribution is 6.56. The van der Waals surface area contributed by atoms with Gasteiger partial charge in [-0.2, -0.15) is 13.2 Å². The fraction of sp³-hybridized carbons (Fsp3) is 0.323. The second-order valence-electron chi connectivity index (χ2n) is 11.2. The number of halogens is 4. The number of alkyl carbamates (subject to hydrolysis) is 1. The number of carbonyl (C=O) groups is 1. The maximum absolute atomic E-state index is 14.9. The number of nitrogens with one attached hydrogen (secondary N) is 1. The topological polar surface area (TPSA) is 56.8 Å². The predicted octanol–water partition coefficient (Wildman–Crippen LogP) is 7.40. The Morgan fingerprint density at radius 3 is 2.05 bits per heavy atom. The molecule has 0 aromatic heterocycles. The molecule has 3 aromatic carbocycles. The first-order valence-electron chi connectivity index (χ1n) is 13.3. The van der Waals surface area contributed by atoms with E-state index < -0.39 is 42.0 Å². The molecule has 5 nitrogen and oxygen atoms in total. The van der Waals surface area contributed by atoms with Gasteiger partial charge in [0.25, 0.3) is 0 Å². The van der Waals surface area contributed by atoms with E-state index in [1.807, 2.05) is 76.2 Å². The monoisotopic (exact) mass is 567 g/mol. The number of fused-ring (bicyclic) bond motifs is 3. The molecule has 10 heteroatoms. The highest BCUT2D eigenvalue weighted by Gasteiger charge is 2.52. The number of rotatable bonds is 6. The lowest BCUT2D eigenvalue weighted by Crippen LogP contribution is -2.41. The van der Waals surface area contributed by atoms with Gasteiger partial charge in [0.1, 0.15) is 12.4 Å². The first kappa shape index (κ1) is 28.9. The van der Waals surface area contributed by atoms with Gasteiger partial charge in [-0.05, 0) is 61.5 Å². The Kier molecular flexibility index (Phi) is 7.50. The Balaban J connectivity index is 1.35. The summed E-state index contributed by atoms with van der Waals surface area (Å²) in [5.41, 5.74) is 1.29. The number of carbonyl (C=O) groups excluding carboxylic acids is 1. The summed E-state index contributed by atoms with van der Waals surface area (Å²) in [6.07, 6.45) is -4.38. The quantitative estimate of drug-likeness (QED) is 0.249. The van der Waals surface area contributed by atoms with Gasteiger partial charge in [0, 0.05) is 18.0 Å². The zero-order chi connectivity index (χ0) is 29.6. The molecule has 1 saturated heterocycles. The van der Waals surface area contributed by atoms with Gasteiger partial charge < -0.3 is 19.4 Å². The molecule has 0 saturated carbocycles. The van der Waals surface area contributed by atoms with Gasteiger partial charge in [-0.3, -0.25) is 0 Å². The molecule has 0 unspecified atom stereocenters. The smallest absolute Gasteiger partial charge is 0.449 e. The van der Waals surface area contributed by atoms with Crippen LogP contribution in [0.4, 0.5) is 22.4 Å². The highest BCUT2D eigenvalue weighted by Crippen LogP contribution is 2.44. The van der Waals surface area contributed by atoms with Gasteiger partial charge in [-0.25, -0.2) is 9.18 Å². The molecule has 1 fully saturated rings. The van der Waals surface area contributed by atoms with E-state index in [1.165, 1.54) is 12.1 Å². The van der Waals surface area contributed by atoms with E-state index in [1.54, 1.807) is 0 Å². The molecule has 0 bridgehead atoms. The summed E-state index contributed by atoms with van der Waals surface area (Å²) in [6.45, 7) is 7.13. The van der Waals surface area contributed by atoms with Crippen LogP contribution in [-0.4, -0.2) is 37.6 Å². The molecule has 1 heterocycles. The van der Waals surface area contributed by atoms with Crippen LogP contribution in [0.3, 0.4) is 0 Å². The number of hydrogen-bond donors (Lipinski definition) is 1. The highest BCUT2D eigenvalue weighted by atomic mass is 19.4. The molecule has 2 aliphatic rings. The second-order valence-corrected chi connectivity index (χ2v) is 11.2. The first-order chi connectivity index (χ1) is 19.3. The summed E-state index contributed by atoms with van der Waals surface area (Å²) in [5, 5.41) is 2.64. The summed E-state index contributed by atoms with van der Waals surface area (Å²) >= 11 is 0. The Hall–Kier alpha value is -3.63. The lowest BCUT2D eigenvalue weighted by atomic mass is 9.77. The average molecular weight is 567 g/mol. The molecule has 1 N–H and O–H groups in total. The Morgan fingerprint density at radius 2 is 1.49 bits per heavy atom. The number of hydrogen-bond acceptors (Lipinski definition) is 4. The average Bonchev–Trinajstić information content (AvgIpc) is 3.34. The Labute approximate surface area is 236 Å². The van der Waals surface area contributed by atoms with Crippen LogP contribution in [0.15, 0.2) is 72.2 Å². The van der Waals surface area contributed by atoms with E-state index >= 15 is 0 Å². The van der Waals surface area contributed by atoms with Crippen LogP contribution in [0.1, 0.15) is 55.9 Å². The van der Waals surface area contributed by atoms with E-state index in [2.05, 4.69) is 5.32 Å². The van der Waals surface area contributed by atoms with Crippen molar-refractivity contribution < 1.29 is 36.4 Å². The Morgan fingerprint density at radius 1 is 0.927 bits per heavy atom. The molecule has 1 aliphatic carbocycles. The van der Waals surface area contributed by atoms with Gasteiger partial charge in [0.2, 0.25) is 0 Å². The third-order valence-electron chi connectivity index (χ3n) is 8.01. The van der Waals surface area contributed by atoms with Crippen molar-refractivity contribution in [2.75, 3.05) is 13.2 Å². The van der Waals surface area contributed by atoms with Crippen LogP contribution < -0.4 is 5.32 Å². The van der Waals surface area contributed by atoms with Crippen LogP contribution in [0, 0.1) is 5.82 Å². The normalized spacial score (nSPS) is 17.8. The molecule has 1 amide bonds. The van der Waals surface area contributed by atoms with Crippen LogP contribution in [-0.2, 0) is 20.2 Å². The molecule has 214 valence electrons. The SMILES string of the molecule is CC1(C)OB(C(=Cc2cccc(C(F)(F)F)c2F)CNC(=O)OCC2c3ccccc3-c3ccccc32)OC1(C)C. The summed E-state index contributed by atoms with van der Waals surface area (Å²) in [6, 6.07) is 18.9. The third kappa shape index (κ3) is 5.63. The first-order valence-corrected chi connectivity index (χ1v) is 13.3. The molecule has 0 radical (unpaired) electrons. The summed E-state index contributed by atoms with van der Waals surface area (Å²) in [4.78, 5) is 12.8. The van der Waals surface area contributed by atoms with E-state index in [0.29, 0.717) is 6.07 Å². The van der Waals surface area contributed by atoms with Crippen molar-refractivity contribution in [2.45, 2.75) is 51.0 Å². The second kappa shape index (κ2) is 10.7. The van der Waals surface area contributed by atoms with Crippen LogP contribution in [0.25, 0.3) is 17.2 Å². The minimum Gasteiger partial charge on any atom is -0.449 e. The summed E-state index contributed by atoms with van der Waals surface area (Å²) in [5.74, 6) is -1.57. The maximum atomic E-state index is 14.9. The van der Waals surface area contributed by atoms with E-state index in [-0.39, 0.29) is 30.1 Å². The van der Waals surface area contributed by atoms with Crippen LogP contribution in [0.2, 0.25) is 0 Å². The van der Waals surface area contributed by atoms with Crippen molar-refractivity contribution in [3.05, 3.63) is 100 Å². The van der Waals surface area contributed by atoms with Crippen LogP contribution >= 0.6 is 0 Å². The van der Waals surface area contributed by atoms with E-state index in [4.69, 9.17) is 14.0 Å². The predicted molar refractivity (Wildman–Crippen MR) is 149 cm³/mol. The summed E-state index contributed by atoms with van der Waals surface area (Å²) < 4.78 is 72.6.